The summed E-state index contributed by atoms with van der Waals surface area (Å²) in [6.07, 6.45) is 0. The fraction of sp³-hybridized carbons (Fsp3) is 0.235. The molecule has 0 heterocycles. The molecule has 0 fully saturated rings. The Labute approximate surface area is 148 Å². The largest absolute Gasteiger partial charge is 0.493 e. The Morgan fingerprint density at radius 2 is 1.92 bits per heavy atom. The summed E-state index contributed by atoms with van der Waals surface area (Å²) in [5.74, 6) is 0.251. The van der Waals surface area contributed by atoms with Crippen molar-refractivity contribution in [3.05, 3.63) is 47.0 Å². The van der Waals surface area contributed by atoms with Gasteiger partial charge in [0.25, 0.3) is 5.91 Å². The molecular formula is C17H16ClF2NO4. The predicted molar refractivity (Wildman–Crippen MR) is 90.2 cm³/mol. The topological polar surface area (TPSA) is 56.8 Å². The van der Waals surface area contributed by atoms with Crippen molar-refractivity contribution in [2.75, 3.05) is 19.0 Å². The molecule has 134 valence electrons. The zero-order chi connectivity index (χ0) is 18.4. The van der Waals surface area contributed by atoms with Gasteiger partial charge in [-0.2, -0.15) is 8.78 Å². The summed E-state index contributed by atoms with van der Waals surface area (Å²) in [4.78, 5) is 12.3. The van der Waals surface area contributed by atoms with Crippen LogP contribution < -0.4 is 19.5 Å². The Morgan fingerprint density at radius 1 is 1.24 bits per heavy atom. The van der Waals surface area contributed by atoms with Gasteiger partial charge in [-0.25, -0.2) is 0 Å². The van der Waals surface area contributed by atoms with E-state index in [1.165, 1.54) is 43.5 Å². The van der Waals surface area contributed by atoms with Gasteiger partial charge in [-0.15, -0.1) is 0 Å². The smallest absolute Gasteiger partial charge is 0.387 e. The molecule has 0 unspecified atom stereocenters. The first-order valence-electron chi connectivity index (χ1n) is 7.31. The quantitative estimate of drug-likeness (QED) is 0.772. The second kappa shape index (κ2) is 8.53. The van der Waals surface area contributed by atoms with Crippen molar-refractivity contribution in [1.82, 2.24) is 0 Å². The van der Waals surface area contributed by atoms with Gasteiger partial charge in [0.15, 0.2) is 11.5 Å². The van der Waals surface area contributed by atoms with Crippen LogP contribution in [0.1, 0.15) is 17.3 Å². The molecule has 1 N–H and O–H groups in total. The summed E-state index contributed by atoms with van der Waals surface area (Å²) in [5.41, 5.74) is 0.675. The zero-order valence-corrected chi connectivity index (χ0v) is 14.3. The van der Waals surface area contributed by atoms with Crippen LogP contribution >= 0.6 is 11.6 Å². The summed E-state index contributed by atoms with van der Waals surface area (Å²) in [6.45, 7) is -0.703. The number of nitrogens with one attached hydrogen (secondary N) is 1. The van der Waals surface area contributed by atoms with Crippen LogP contribution in [-0.2, 0) is 0 Å². The monoisotopic (exact) mass is 371 g/mol. The molecule has 0 aromatic heterocycles. The highest BCUT2D eigenvalue weighted by molar-refractivity contribution is 6.32. The van der Waals surface area contributed by atoms with Crippen molar-refractivity contribution in [2.45, 2.75) is 13.5 Å². The zero-order valence-electron chi connectivity index (χ0n) is 13.5. The minimum atomic E-state index is -2.90. The first kappa shape index (κ1) is 18.8. The number of halogens is 3. The second-order valence-corrected chi connectivity index (χ2v) is 5.19. The van der Waals surface area contributed by atoms with E-state index in [0.717, 1.165) is 0 Å². The first-order valence-corrected chi connectivity index (χ1v) is 7.69. The highest BCUT2D eigenvalue weighted by Crippen LogP contribution is 2.36. The Kier molecular flexibility index (Phi) is 6.41. The molecule has 25 heavy (non-hydrogen) atoms. The van der Waals surface area contributed by atoms with Gasteiger partial charge in [-0.1, -0.05) is 11.6 Å². The molecule has 2 aromatic rings. The lowest BCUT2D eigenvalue weighted by atomic mass is 10.1. The van der Waals surface area contributed by atoms with Gasteiger partial charge in [0.05, 0.1) is 18.7 Å². The van der Waals surface area contributed by atoms with Gasteiger partial charge in [-0.05, 0) is 43.3 Å². The fourth-order valence-corrected chi connectivity index (χ4v) is 2.32. The van der Waals surface area contributed by atoms with Gasteiger partial charge >= 0.3 is 6.61 Å². The van der Waals surface area contributed by atoms with Gasteiger partial charge in [0.2, 0.25) is 0 Å². The van der Waals surface area contributed by atoms with E-state index in [4.69, 9.17) is 21.1 Å². The number of ether oxygens (including phenoxy) is 3. The lowest BCUT2D eigenvalue weighted by Gasteiger charge is -2.13. The van der Waals surface area contributed by atoms with Gasteiger partial charge in [-0.3, -0.25) is 4.79 Å². The normalized spacial score (nSPS) is 10.5. The maximum Gasteiger partial charge on any atom is 0.387 e. The van der Waals surface area contributed by atoms with Gasteiger partial charge in [0, 0.05) is 11.3 Å². The number of carbonyl (C=O) groups is 1. The van der Waals surface area contributed by atoms with Crippen LogP contribution in [0.2, 0.25) is 5.02 Å². The molecule has 1 amide bonds. The number of carbonyl (C=O) groups excluding carboxylic acids is 1. The molecule has 0 aliphatic carbocycles. The third kappa shape index (κ3) is 4.96. The Morgan fingerprint density at radius 3 is 2.48 bits per heavy atom. The standard InChI is InChI=1S/C17H16ClF2NO4/c1-3-24-15-13(18)8-10(9-14(15)23-2)16(22)21-11-4-6-12(7-5-11)25-17(19)20/h4-9,17H,3H2,1-2H3,(H,21,22). The van der Waals surface area contributed by atoms with Crippen molar-refractivity contribution in [2.24, 2.45) is 0 Å². The molecule has 5 nitrogen and oxygen atoms in total. The van der Waals surface area contributed by atoms with Gasteiger partial charge in [0.1, 0.15) is 5.75 Å². The summed E-state index contributed by atoms with van der Waals surface area (Å²) >= 11 is 6.14. The van der Waals surface area contributed by atoms with E-state index in [0.29, 0.717) is 23.8 Å². The number of rotatable bonds is 7. The molecule has 8 heteroatoms. The highest BCUT2D eigenvalue weighted by Gasteiger charge is 2.16. The Hall–Kier alpha value is -2.54. The van der Waals surface area contributed by atoms with E-state index in [1.54, 1.807) is 6.92 Å². The molecule has 0 radical (unpaired) electrons. The van der Waals surface area contributed by atoms with Crippen LogP contribution in [0.4, 0.5) is 14.5 Å². The number of amides is 1. The lowest BCUT2D eigenvalue weighted by molar-refractivity contribution is -0.0498. The van der Waals surface area contributed by atoms with E-state index in [2.05, 4.69) is 10.1 Å². The van der Waals surface area contributed by atoms with Crippen LogP contribution in [0.3, 0.4) is 0 Å². The SMILES string of the molecule is CCOc1c(Cl)cc(C(=O)Nc2ccc(OC(F)F)cc2)cc1OC. The van der Waals surface area contributed by atoms with Crippen LogP contribution in [-0.4, -0.2) is 26.2 Å². The molecular weight excluding hydrogens is 356 g/mol. The first-order chi connectivity index (χ1) is 11.9. The maximum atomic E-state index is 12.3. The highest BCUT2D eigenvalue weighted by atomic mass is 35.5. The number of methoxy groups -OCH3 is 1. The molecule has 0 saturated carbocycles. The fourth-order valence-electron chi connectivity index (χ4n) is 2.06. The van der Waals surface area contributed by atoms with E-state index < -0.39 is 12.5 Å². The average Bonchev–Trinajstić information content (AvgIpc) is 2.57. The van der Waals surface area contributed by atoms with Crippen LogP contribution in [0.15, 0.2) is 36.4 Å². The molecule has 0 atom stereocenters. The molecule has 0 aliphatic heterocycles. The number of benzene rings is 2. The molecule has 2 aromatic carbocycles. The second-order valence-electron chi connectivity index (χ2n) is 4.78. The summed E-state index contributed by atoms with van der Waals surface area (Å²) < 4.78 is 39.1. The molecule has 0 spiro atoms. The van der Waals surface area contributed by atoms with Crippen molar-refractivity contribution in [1.29, 1.82) is 0 Å². The lowest BCUT2D eigenvalue weighted by Crippen LogP contribution is -2.12. The summed E-state index contributed by atoms with van der Waals surface area (Å²) in [6, 6.07) is 8.51. The predicted octanol–water partition coefficient (Wildman–Crippen LogP) is 4.60. The van der Waals surface area contributed by atoms with Crippen molar-refractivity contribution < 1.29 is 27.8 Å². The number of alkyl halides is 2. The van der Waals surface area contributed by atoms with Crippen LogP contribution in [0.5, 0.6) is 17.2 Å². The maximum absolute atomic E-state index is 12.3. The number of anilines is 1. The van der Waals surface area contributed by atoms with Crippen molar-refractivity contribution >= 4 is 23.2 Å². The minimum absolute atomic E-state index is 0.00113. The van der Waals surface area contributed by atoms with E-state index >= 15 is 0 Å². The summed E-state index contributed by atoms with van der Waals surface area (Å²) in [5, 5.41) is 2.87. The number of hydrogen-bond donors (Lipinski definition) is 1. The number of hydrogen-bond acceptors (Lipinski definition) is 4. The molecule has 0 saturated heterocycles. The summed E-state index contributed by atoms with van der Waals surface area (Å²) in [7, 11) is 1.44. The van der Waals surface area contributed by atoms with Crippen molar-refractivity contribution in [3.63, 3.8) is 0 Å². The minimum Gasteiger partial charge on any atom is -0.493 e. The molecule has 0 bridgehead atoms. The van der Waals surface area contributed by atoms with E-state index in [-0.39, 0.29) is 16.3 Å². The van der Waals surface area contributed by atoms with Crippen molar-refractivity contribution in [3.8, 4) is 17.2 Å². The van der Waals surface area contributed by atoms with Gasteiger partial charge < -0.3 is 19.5 Å². The third-order valence-electron chi connectivity index (χ3n) is 3.12. The van der Waals surface area contributed by atoms with E-state index in [1.807, 2.05) is 0 Å². The van der Waals surface area contributed by atoms with E-state index in [9.17, 15) is 13.6 Å². The Balaban J connectivity index is 2.16. The Bertz CT molecular complexity index is 738. The molecule has 0 aliphatic rings. The average molecular weight is 372 g/mol. The third-order valence-corrected chi connectivity index (χ3v) is 3.40. The molecule has 2 rings (SSSR count). The van der Waals surface area contributed by atoms with Crippen LogP contribution in [0.25, 0.3) is 0 Å². The van der Waals surface area contributed by atoms with Crippen LogP contribution in [0, 0.1) is 0 Å².